The van der Waals surface area contributed by atoms with Crippen molar-refractivity contribution < 1.29 is 9.90 Å². The van der Waals surface area contributed by atoms with Crippen molar-refractivity contribution in [3.05, 3.63) is 80.1 Å². The molecule has 2 aromatic carbocycles. The summed E-state index contributed by atoms with van der Waals surface area (Å²) in [6, 6.07) is 13.9. The highest BCUT2D eigenvalue weighted by atomic mass is 35.5. The predicted molar refractivity (Wildman–Crippen MR) is 95.1 cm³/mol. The smallest absolute Gasteiger partial charge is 0.307 e. The standard InChI is InChI=1S/C18H13Cl2NO3/c19-14-6-5-11(7-15(14)20)10-21-16-4-2-1-3-13(16)12(8-17(21)22)9-18(23)24/h1-8H,9-10H2,(H,23,24). The van der Waals surface area contributed by atoms with E-state index >= 15 is 0 Å². The number of halogens is 2. The van der Waals surface area contributed by atoms with Crippen LogP contribution >= 0.6 is 23.2 Å². The summed E-state index contributed by atoms with van der Waals surface area (Å²) in [5, 5.41) is 10.7. The SMILES string of the molecule is O=C(O)Cc1cc(=O)n(Cc2ccc(Cl)c(Cl)c2)c2ccccc12. The number of carboxylic acids is 1. The summed E-state index contributed by atoms with van der Waals surface area (Å²) < 4.78 is 1.60. The number of aliphatic carboxylic acids is 1. The van der Waals surface area contributed by atoms with Gasteiger partial charge in [-0.05, 0) is 29.3 Å². The Morgan fingerprint density at radius 3 is 2.50 bits per heavy atom. The third kappa shape index (κ3) is 3.30. The molecular weight excluding hydrogens is 349 g/mol. The van der Waals surface area contributed by atoms with Gasteiger partial charge in [-0.2, -0.15) is 0 Å². The van der Waals surface area contributed by atoms with E-state index in [4.69, 9.17) is 28.3 Å². The molecule has 24 heavy (non-hydrogen) atoms. The lowest BCUT2D eigenvalue weighted by molar-refractivity contribution is -0.136. The normalized spacial score (nSPS) is 10.9. The Hall–Kier alpha value is -2.30. The number of carboxylic acid groups (broad SMARTS) is 1. The first-order chi connectivity index (χ1) is 11.5. The zero-order chi connectivity index (χ0) is 17.3. The average molecular weight is 362 g/mol. The highest BCUT2D eigenvalue weighted by Crippen LogP contribution is 2.24. The molecule has 0 bridgehead atoms. The number of hydrogen-bond acceptors (Lipinski definition) is 2. The molecular formula is C18H13Cl2NO3. The van der Waals surface area contributed by atoms with Gasteiger partial charge in [0.25, 0.3) is 5.56 Å². The Labute approximate surface area is 147 Å². The first-order valence-electron chi connectivity index (χ1n) is 7.23. The maximum absolute atomic E-state index is 12.5. The number of aromatic nitrogens is 1. The van der Waals surface area contributed by atoms with Gasteiger partial charge in [0.1, 0.15) is 0 Å². The highest BCUT2D eigenvalue weighted by Gasteiger charge is 2.12. The molecule has 6 heteroatoms. The minimum absolute atomic E-state index is 0.191. The van der Waals surface area contributed by atoms with Crippen LogP contribution in [0.1, 0.15) is 11.1 Å². The van der Waals surface area contributed by atoms with Crippen LogP contribution in [-0.4, -0.2) is 15.6 Å². The Morgan fingerprint density at radius 1 is 1.04 bits per heavy atom. The van der Waals surface area contributed by atoms with Crippen LogP contribution < -0.4 is 5.56 Å². The molecule has 122 valence electrons. The second-order valence-corrected chi connectivity index (χ2v) is 6.24. The fourth-order valence-corrected chi connectivity index (χ4v) is 3.02. The Bertz CT molecular complexity index is 995. The molecule has 0 aliphatic heterocycles. The molecule has 0 radical (unpaired) electrons. The molecule has 0 amide bonds. The monoisotopic (exact) mass is 361 g/mol. The van der Waals surface area contributed by atoms with Crippen LogP contribution in [-0.2, 0) is 17.8 Å². The molecule has 1 N–H and O–H groups in total. The molecule has 0 spiro atoms. The quantitative estimate of drug-likeness (QED) is 0.764. The molecule has 3 rings (SSSR count). The predicted octanol–water partition coefficient (Wildman–Crippen LogP) is 3.98. The van der Waals surface area contributed by atoms with Crippen LogP contribution in [0.2, 0.25) is 10.0 Å². The van der Waals surface area contributed by atoms with Gasteiger partial charge < -0.3 is 9.67 Å². The lowest BCUT2D eigenvalue weighted by Gasteiger charge is -2.13. The summed E-state index contributed by atoms with van der Waals surface area (Å²) >= 11 is 12.0. The van der Waals surface area contributed by atoms with Crippen LogP contribution in [0.3, 0.4) is 0 Å². The van der Waals surface area contributed by atoms with Gasteiger partial charge in [-0.15, -0.1) is 0 Å². The van der Waals surface area contributed by atoms with E-state index in [1.165, 1.54) is 6.07 Å². The fraction of sp³-hybridized carbons (Fsp3) is 0.111. The number of fused-ring (bicyclic) bond motifs is 1. The summed E-state index contributed by atoms with van der Waals surface area (Å²) in [4.78, 5) is 23.5. The number of hydrogen-bond donors (Lipinski definition) is 1. The molecule has 0 saturated heterocycles. The maximum Gasteiger partial charge on any atom is 0.307 e. The van der Waals surface area contributed by atoms with E-state index in [9.17, 15) is 9.59 Å². The van der Waals surface area contributed by atoms with Crippen molar-refractivity contribution >= 4 is 40.1 Å². The van der Waals surface area contributed by atoms with E-state index in [1.54, 1.807) is 28.8 Å². The van der Waals surface area contributed by atoms with E-state index in [0.717, 1.165) is 10.9 Å². The van der Waals surface area contributed by atoms with Gasteiger partial charge in [-0.3, -0.25) is 9.59 Å². The van der Waals surface area contributed by atoms with Crippen molar-refractivity contribution in [2.24, 2.45) is 0 Å². The number of nitrogens with zero attached hydrogens (tertiary/aromatic N) is 1. The van der Waals surface area contributed by atoms with E-state index in [1.807, 2.05) is 18.2 Å². The molecule has 1 aromatic heterocycles. The molecule has 1 heterocycles. The number of para-hydroxylation sites is 1. The van der Waals surface area contributed by atoms with Gasteiger partial charge in [-0.25, -0.2) is 0 Å². The van der Waals surface area contributed by atoms with Gasteiger partial charge in [-0.1, -0.05) is 47.5 Å². The van der Waals surface area contributed by atoms with E-state index in [0.29, 0.717) is 27.7 Å². The third-order valence-corrected chi connectivity index (χ3v) is 4.51. The minimum atomic E-state index is -0.971. The molecule has 0 unspecified atom stereocenters. The first kappa shape index (κ1) is 16.6. The fourth-order valence-electron chi connectivity index (χ4n) is 2.70. The van der Waals surface area contributed by atoms with Gasteiger partial charge in [0.05, 0.1) is 28.5 Å². The second-order valence-electron chi connectivity index (χ2n) is 5.43. The van der Waals surface area contributed by atoms with E-state index in [-0.39, 0.29) is 12.0 Å². The lowest BCUT2D eigenvalue weighted by Crippen LogP contribution is -2.22. The summed E-state index contributed by atoms with van der Waals surface area (Å²) in [7, 11) is 0. The van der Waals surface area contributed by atoms with Crippen LogP contribution in [0.15, 0.2) is 53.3 Å². The Morgan fingerprint density at radius 2 is 1.79 bits per heavy atom. The van der Waals surface area contributed by atoms with Crippen molar-refractivity contribution in [2.45, 2.75) is 13.0 Å². The third-order valence-electron chi connectivity index (χ3n) is 3.77. The van der Waals surface area contributed by atoms with Gasteiger partial charge in [0, 0.05) is 11.5 Å². The summed E-state index contributed by atoms with van der Waals surface area (Å²) in [5.41, 5.74) is 1.78. The average Bonchev–Trinajstić information content (AvgIpc) is 2.54. The first-order valence-corrected chi connectivity index (χ1v) is 7.98. The summed E-state index contributed by atoms with van der Waals surface area (Å²) in [6.45, 7) is 0.323. The van der Waals surface area contributed by atoms with Crippen molar-refractivity contribution in [3.8, 4) is 0 Å². The number of pyridine rings is 1. The van der Waals surface area contributed by atoms with Crippen LogP contribution in [0, 0.1) is 0 Å². The molecule has 0 atom stereocenters. The highest BCUT2D eigenvalue weighted by molar-refractivity contribution is 6.42. The van der Waals surface area contributed by atoms with Gasteiger partial charge in [0.15, 0.2) is 0 Å². The van der Waals surface area contributed by atoms with Crippen molar-refractivity contribution in [3.63, 3.8) is 0 Å². The lowest BCUT2D eigenvalue weighted by atomic mass is 10.1. The topological polar surface area (TPSA) is 59.3 Å². The van der Waals surface area contributed by atoms with Crippen LogP contribution in [0.4, 0.5) is 0 Å². The Kier molecular flexibility index (Phi) is 4.60. The van der Waals surface area contributed by atoms with E-state index < -0.39 is 5.97 Å². The molecule has 4 nitrogen and oxygen atoms in total. The van der Waals surface area contributed by atoms with Crippen molar-refractivity contribution in [2.75, 3.05) is 0 Å². The maximum atomic E-state index is 12.5. The zero-order valence-electron chi connectivity index (χ0n) is 12.5. The van der Waals surface area contributed by atoms with Gasteiger partial charge >= 0.3 is 5.97 Å². The minimum Gasteiger partial charge on any atom is -0.481 e. The largest absolute Gasteiger partial charge is 0.481 e. The van der Waals surface area contributed by atoms with Gasteiger partial charge in [0.2, 0.25) is 0 Å². The Balaban J connectivity index is 2.14. The zero-order valence-corrected chi connectivity index (χ0v) is 14.0. The molecule has 0 saturated carbocycles. The number of carbonyl (C=O) groups is 1. The molecule has 3 aromatic rings. The number of rotatable bonds is 4. The van der Waals surface area contributed by atoms with Crippen molar-refractivity contribution in [1.29, 1.82) is 0 Å². The van der Waals surface area contributed by atoms with Crippen LogP contribution in [0.25, 0.3) is 10.9 Å². The van der Waals surface area contributed by atoms with Crippen molar-refractivity contribution in [1.82, 2.24) is 4.57 Å². The summed E-state index contributed by atoms with van der Waals surface area (Å²) in [6.07, 6.45) is -0.191. The van der Waals surface area contributed by atoms with Crippen LogP contribution in [0.5, 0.6) is 0 Å². The molecule has 0 aliphatic carbocycles. The summed E-state index contributed by atoms with van der Waals surface area (Å²) in [5.74, 6) is -0.971. The molecule has 0 fully saturated rings. The number of benzene rings is 2. The van der Waals surface area contributed by atoms with E-state index in [2.05, 4.69) is 0 Å². The second kappa shape index (κ2) is 6.67. The molecule has 0 aliphatic rings.